The number of allylic oxidation sites excluding steroid dienone is 3. The number of ether oxygens (including phenoxy) is 2. The summed E-state index contributed by atoms with van der Waals surface area (Å²) in [7, 11) is 0. The summed E-state index contributed by atoms with van der Waals surface area (Å²) in [5.74, 6) is -1.59. The maximum Gasteiger partial charge on any atom is 0.334 e. The van der Waals surface area contributed by atoms with E-state index in [0.717, 1.165) is 18.4 Å². The molecule has 0 unspecified atom stereocenters. The van der Waals surface area contributed by atoms with Gasteiger partial charge >= 0.3 is 11.9 Å². The molecule has 1 aliphatic carbocycles. The van der Waals surface area contributed by atoms with E-state index in [0.29, 0.717) is 12.8 Å². The minimum atomic E-state index is -1.32. The standard InChI is InChI=1S/C22H32O6/c1-13-8-6-10-14(2)19(27-16(4)23)20-17(15(3)21(25)28-20)12-18(24)22(5,26)11-7-9-13/h9-10,17-20,24,26H,3,6-8,11-12H2,1-2,4-5H3/b13-9+,14-10+/t17-,18+,19+,20-,22-/m1/s1. The molecule has 6 nitrogen and oxygen atoms in total. The van der Waals surface area contributed by atoms with E-state index in [4.69, 9.17) is 9.47 Å². The Morgan fingerprint density at radius 3 is 2.64 bits per heavy atom. The lowest BCUT2D eigenvalue weighted by molar-refractivity contribution is -0.158. The summed E-state index contributed by atoms with van der Waals surface area (Å²) in [5, 5.41) is 21.4. The Labute approximate surface area is 166 Å². The van der Waals surface area contributed by atoms with E-state index >= 15 is 0 Å². The Balaban J connectivity index is 2.43. The van der Waals surface area contributed by atoms with Crippen molar-refractivity contribution < 1.29 is 29.3 Å². The fourth-order valence-electron chi connectivity index (χ4n) is 3.80. The van der Waals surface area contributed by atoms with Gasteiger partial charge in [-0.3, -0.25) is 4.79 Å². The predicted octanol–water partition coefficient (Wildman–Crippen LogP) is 2.98. The Kier molecular flexibility index (Phi) is 7.23. The van der Waals surface area contributed by atoms with Gasteiger partial charge in [0.25, 0.3) is 0 Å². The van der Waals surface area contributed by atoms with E-state index in [1.807, 2.05) is 19.9 Å². The van der Waals surface area contributed by atoms with Crippen LogP contribution in [0.15, 0.2) is 35.5 Å². The number of carbonyl (C=O) groups excluding carboxylic acids is 2. The van der Waals surface area contributed by atoms with Crippen LogP contribution in [0, 0.1) is 5.92 Å². The van der Waals surface area contributed by atoms with Gasteiger partial charge in [-0.15, -0.1) is 0 Å². The van der Waals surface area contributed by atoms with Crippen molar-refractivity contribution in [3.05, 3.63) is 35.5 Å². The van der Waals surface area contributed by atoms with Gasteiger partial charge < -0.3 is 19.7 Å². The van der Waals surface area contributed by atoms with Crippen LogP contribution in [0.4, 0.5) is 0 Å². The van der Waals surface area contributed by atoms with Crippen molar-refractivity contribution in [2.45, 2.75) is 83.7 Å². The Bertz CT molecular complexity index is 687. The summed E-state index contributed by atoms with van der Waals surface area (Å²) in [6.45, 7) is 10.6. The van der Waals surface area contributed by atoms with Crippen LogP contribution < -0.4 is 0 Å². The number of esters is 2. The molecule has 1 saturated heterocycles. The molecular weight excluding hydrogens is 360 g/mol. The summed E-state index contributed by atoms with van der Waals surface area (Å²) in [6.07, 6.45) is 4.19. The van der Waals surface area contributed by atoms with Crippen molar-refractivity contribution in [1.82, 2.24) is 0 Å². The van der Waals surface area contributed by atoms with Gasteiger partial charge in [-0.2, -0.15) is 0 Å². The van der Waals surface area contributed by atoms with Crippen LogP contribution >= 0.6 is 0 Å². The maximum absolute atomic E-state index is 12.2. The van der Waals surface area contributed by atoms with Gasteiger partial charge in [-0.1, -0.05) is 24.3 Å². The monoisotopic (exact) mass is 392 g/mol. The normalized spacial score (nSPS) is 38.9. The lowest BCUT2D eigenvalue weighted by atomic mass is 9.80. The van der Waals surface area contributed by atoms with Gasteiger partial charge in [0.2, 0.25) is 0 Å². The molecule has 0 aromatic rings. The topological polar surface area (TPSA) is 93.1 Å². The molecule has 0 amide bonds. The van der Waals surface area contributed by atoms with Crippen molar-refractivity contribution in [3.63, 3.8) is 0 Å². The molecule has 0 aromatic carbocycles. The van der Waals surface area contributed by atoms with E-state index in [1.165, 1.54) is 12.5 Å². The molecule has 5 atom stereocenters. The highest BCUT2D eigenvalue weighted by Crippen LogP contribution is 2.38. The number of aliphatic hydroxyl groups is 2. The molecule has 1 heterocycles. The highest BCUT2D eigenvalue weighted by Gasteiger charge is 2.47. The molecule has 28 heavy (non-hydrogen) atoms. The first kappa shape index (κ1) is 22.4. The summed E-state index contributed by atoms with van der Waals surface area (Å²) in [4.78, 5) is 23.9. The van der Waals surface area contributed by atoms with Crippen molar-refractivity contribution in [2.24, 2.45) is 5.92 Å². The van der Waals surface area contributed by atoms with Gasteiger partial charge in [-0.25, -0.2) is 4.79 Å². The van der Waals surface area contributed by atoms with Crippen LogP contribution in [-0.2, 0) is 19.1 Å². The first-order valence-electron chi connectivity index (χ1n) is 9.82. The number of fused-ring (bicyclic) bond motifs is 1. The lowest BCUT2D eigenvalue weighted by Crippen LogP contribution is -2.43. The fourth-order valence-corrected chi connectivity index (χ4v) is 3.80. The molecule has 1 fully saturated rings. The summed E-state index contributed by atoms with van der Waals surface area (Å²) >= 11 is 0. The highest BCUT2D eigenvalue weighted by atomic mass is 16.6. The molecular formula is C22H32O6. The molecule has 156 valence electrons. The van der Waals surface area contributed by atoms with Gasteiger partial charge in [0.1, 0.15) is 6.10 Å². The minimum Gasteiger partial charge on any atom is -0.454 e. The molecule has 6 heteroatoms. The molecule has 0 spiro atoms. The molecule has 2 aliphatic rings. The van der Waals surface area contributed by atoms with Crippen LogP contribution in [-0.4, -0.2) is 46.1 Å². The number of rotatable bonds is 1. The number of hydrogen-bond acceptors (Lipinski definition) is 6. The second-order valence-electron chi connectivity index (χ2n) is 8.22. The molecule has 0 aromatic heterocycles. The predicted molar refractivity (Wildman–Crippen MR) is 105 cm³/mol. The first-order valence-corrected chi connectivity index (χ1v) is 9.82. The van der Waals surface area contributed by atoms with Crippen molar-refractivity contribution in [3.8, 4) is 0 Å². The van der Waals surface area contributed by atoms with Crippen LogP contribution in [0.25, 0.3) is 0 Å². The van der Waals surface area contributed by atoms with E-state index in [-0.39, 0.29) is 12.0 Å². The van der Waals surface area contributed by atoms with E-state index in [1.54, 1.807) is 6.92 Å². The van der Waals surface area contributed by atoms with Gasteiger partial charge in [0.05, 0.1) is 11.7 Å². The van der Waals surface area contributed by atoms with E-state index in [9.17, 15) is 19.8 Å². The zero-order chi connectivity index (χ0) is 21.1. The Morgan fingerprint density at radius 2 is 2.00 bits per heavy atom. The minimum absolute atomic E-state index is 0.0932. The third-order valence-electron chi connectivity index (χ3n) is 5.73. The average molecular weight is 392 g/mol. The molecule has 1 aliphatic heterocycles. The van der Waals surface area contributed by atoms with Crippen molar-refractivity contribution in [2.75, 3.05) is 0 Å². The Morgan fingerprint density at radius 1 is 1.32 bits per heavy atom. The molecule has 2 N–H and O–H groups in total. The van der Waals surface area contributed by atoms with Gasteiger partial charge in [-0.05, 0) is 58.4 Å². The highest BCUT2D eigenvalue weighted by molar-refractivity contribution is 5.91. The second kappa shape index (κ2) is 9.05. The average Bonchev–Trinajstić information content (AvgIpc) is 2.86. The third-order valence-corrected chi connectivity index (χ3v) is 5.73. The van der Waals surface area contributed by atoms with Crippen LogP contribution in [0.2, 0.25) is 0 Å². The van der Waals surface area contributed by atoms with Crippen LogP contribution in [0.1, 0.15) is 59.8 Å². The number of hydrogen-bond donors (Lipinski definition) is 2. The van der Waals surface area contributed by atoms with Crippen LogP contribution in [0.3, 0.4) is 0 Å². The zero-order valence-electron chi connectivity index (χ0n) is 17.2. The molecule has 0 radical (unpaired) electrons. The molecule has 0 saturated carbocycles. The second-order valence-corrected chi connectivity index (χ2v) is 8.22. The fraction of sp³-hybridized carbons (Fsp3) is 0.636. The van der Waals surface area contributed by atoms with E-state index in [2.05, 4.69) is 12.7 Å². The lowest BCUT2D eigenvalue weighted by Gasteiger charge is -2.33. The van der Waals surface area contributed by atoms with Crippen molar-refractivity contribution >= 4 is 11.9 Å². The van der Waals surface area contributed by atoms with Gasteiger partial charge in [0.15, 0.2) is 6.10 Å². The van der Waals surface area contributed by atoms with Crippen molar-refractivity contribution in [1.29, 1.82) is 0 Å². The zero-order valence-corrected chi connectivity index (χ0v) is 17.2. The summed E-state index contributed by atoms with van der Waals surface area (Å²) < 4.78 is 11.0. The van der Waals surface area contributed by atoms with Gasteiger partial charge in [0, 0.05) is 18.4 Å². The largest absolute Gasteiger partial charge is 0.454 e. The SMILES string of the molecule is C=C1C(=O)O[C@@H]2[C@@H]1C[C@H](O)[C@](C)(O)CC/C=C(\C)CC/C=C(\C)[C@@H]2OC(C)=O. The number of aliphatic hydroxyl groups excluding tert-OH is 1. The maximum atomic E-state index is 12.2. The smallest absolute Gasteiger partial charge is 0.334 e. The quantitative estimate of drug-likeness (QED) is 0.405. The molecule has 0 bridgehead atoms. The van der Waals surface area contributed by atoms with E-state index < -0.39 is 41.8 Å². The molecule has 2 rings (SSSR count). The van der Waals surface area contributed by atoms with Crippen LogP contribution in [0.5, 0.6) is 0 Å². The summed E-state index contributed by atoms with van der Waals surface area (Å²) in [5.41, 5.74) is 0.888. The third kappa shape index (κ3) is 5.32. The number of carbonyl (C=O) groups is 2. The summed E-state index contributed by atoms with van der Waals surface area (Å²) in [6, 6.07) is 0. The Hall–Kier alpha value is -1.92. The first-order chi connectivity index (χ1) is 13.0.